The Hall–Kier alpha value is -12.5. The van der Waals surface area contributed by atoms with Gasteiger partial charge in [-0.15, -0.1) is 12.4 Å². The number of hydrogen-bond donors (Lipinski definition) is 2. The van der Waals surface area contributed by atoms with E-state index in [-0.39, 0.29) is 85.5 Å². The van der Waals surface area contributed by atoms with Crippen molar-refractivity contribution < 1.29 is 53.0 Å². The van der Waals surface area contributed by atoms with Crippen LogP contribution in [0.1, 0.15) is 103 Å². The number of carboxylic acids is 1. The summed E-state index contributed by atoms with van der Waals surface area (Å²) in [5, 5.41) is 20.2. The van der Waals surface area contributed by atoms with E-state index in [1.807, 2.05) is 170 Å². The Kier molecular flexibility index (Phi) is 27.8. The van der Waals surface area contributed by atoms with E-state index < -0.39 is 28.8 Å². The third-order valence-corrected chi connectivity index (χ3v) is 21.4. The van der Waals surface area contributed by atoms with Crippen LogP contribution in [0, 0.1) is 42.4 Å². The molecule has 0 amide bonds. The number of benzene rings is 12. The molecule has 1 spiro atoms. The third-order valence-electron chi connectivity index (χ3n) is 21.4. The minimum Gasteiger partial charge on any atom is -0.481 e. The number of hydrogen-bond acceptors (Lipinski definition) is 9. The Morgan fingerprint density at radius 1 is 0.365 bits per heavy atom. The van der Waals surface area contributed by atoms with E-state index in [9.17, 15) is 24.3 Å². The topological polar surface area (TPSA) is 136 Å². The van der Waals surface area contributed by atoms with Crippen molar-refractivity contribution in [3.63, 3.8) is 0 Å². The van der Waals surface area contributed by atoms with Gasteiger partial charge in [0.2, 0.25) is 0 Å². The van der Waals surface area contributed by atoms with E-state index in [4.69, 9.17) is 9.90 Å². The van der Waals surface area contributed by atoms with Gasteiger partial charge in [0.15, 0.2) is 23.1 Å². The summed E-state index contributed by atoms with van der Waals surface area (Å²) < 4.78 is 0. The van der Waals surface area contributed by atoms with Gasteiger partial charge in [-0.25, -0.2) is 0 Å². The normalized spacial score (nSPS) is 18.8. The van der Waals surface area contributed by atoms with Crippen LogP contribution in [0.25, 0.3) is 0 Å². The van der Waals surface area contributed by atoms with Gasteiger partial charge in [-0.2, -0.15) is 6.42 Å². The Morgan fingerprint density at radius 3 is 1.05 bits per heavy atom. The first-order valence-electron chi connectivity index (χ1n) is 38.1. The minimum atomic E-state index is -1.39. The maximum atomic E-state index is 13.7. The van der Waals surface area contributed by atoms with Crippen molar-refractivity contribution in [2.24, 2.45) is 35.5 Å². The summed E-state index contributed by atoms with van der Waals surface area (Å²) >= 11 is 0. The monoisotopic (exact) mass is 1520 g/mol. The van der Waals surface area contributed by atoms with Crippen molar-refractivity contribution in [3.8, 4) is 0 Å². The number of aliphatic hydroxyl groups is 1. The molecule has 7 atom stereocenters. The van der Waals surface area contributed by atoms with Crippen molar-refractivity contribution in [1.29, 1.82) is 0 Å². The molecule has 0 fully saturated rings. The van der Waals surface area contributed by atoms with Gasteiger partial charge in [0.05, 0.1) is 40.2 Å². The van der Waals surface area contributed by atoms with Gasteiger partial charge < -0.3 is 31.8 Å². The molecule has 0 radical (unpaired) electrons. The summed E-state index contributed by atoms with van der Waals surface area (Å²) in [7, 11) is 0. The molecule has 12 heteroatoms. The number of allylic oxidation sites excluding steroid dienone is 11. The van der Waals surface area contributed by atoms with Crippen molar-refractivity contribution >= 4 is 92.7 Å². The Bertz CT molecular complexity index is 5320. The van der Waals surface area contributed by atoms with Crippen molar-refractivity contribution in [3.05, 3.63) is 457 Å². The average molecular weight is 1530 g/mol. The van der Waals surface area contributed by atoms with Crippen LogP contribution in [-0.4, -0.2) is 39.3 Å². The SMILES string of the molecule is C.CC(=O)O.Cl.O=C1c2ccccc2C(=O)C2C=CC=CC12.O=C1c2ccccc2C(O)(c2ccccc2N(c2ccccc2)c2ccccc2)C2C=CC=CC12.O=C1c2ccccc2C2(c3ccccc3N(c3ccccc3)c3ccccc32)C2C=CC=CC12.[CH2-]CCC.[Li+].c1ccc(N(c2ccccc2)c2ccccc2)cc1. The molecule has 2 N–H and O–H groups in total. The molecular formula is C103H91ClLiN3O7. The van der Waals surface area contributed by atoms with Gasteiger partial charge >= 0.3 is 18.9 Å². The summed E-state index contributed by atoms with van der Waals surface area (Å²) in [6.45, 7) is 6.81. The summed E-state index contributed by atoms with van der Waals surface area (Å²) in [5.41, 5.74) is 15.5. The van der Waals surface area contributed by atoms with E-state index in [2.05, 4.69) is 235 Å². The molecule has 10 nitrogen and oxygen atoms in total. The van der Waals surface area contributed by atoms with E-state index in [0.717, 1.165) is 52.8 Å². The summed E-state index contributed by atoms with van der Waals surface area (Å²) in [4.78, 5) is 67.2. The molecule has 0 aromatic heterocycles. The molecule has 12 aromatic carbocycles. The van der Waals surface area contributed by atoms with Crippen molar-refractivity contribution in [1.82, 2.24) is 0 Å². The van der Waals surface area contributed by atoms with E-state index >= 15 is 0 Å². The van der Waals surface area contributed by atoms with Crippen LogP contribution in [0.5, 0.6) is 0 Å². The zero-order chi connectivity index (χ0) is 77.6. The number of halogens is 1. The first-order chi connectivity index (χ1) is 54.9. The molecule has 1 heterocycles. The molecule has 6 aliphatic carbocycles. The van der Waals surface area contributed by atoms with Gasteiger partial charge in [0, 0.05) is 86.6 Å². The van der Waals surface area contributed by atoms with Crippen LogP contribution in [0.3, 0.4) is 0 Å². The van der Waals surface area contributed by atoms with Crippen LogP contribution in [0.2, 0.25) is 0 Å². The van der Waals surface area contributed by atoms with Gasteiger partial charge in [-0.3, -0.25) is 24.0 Å². The zero-order valence-corrected chi connectivity index (χ0v) is 64.7. The predicted octanol–water partition coefficient (Wildman–Crippen LogP) is 21.7. The maximum Gasteiger partial charge on any atom is 1.00 e. The second-order valence-electron chi connectivity index (χ2n) is 28.1. The molecule has 7 unspecified atom stereocenters. The summed E-state index contributed by atoms with van der Waals surface area (Å²) in [6.07, 6.45) is 25.8. The van der Waals surface area contributed by atoms with E-state index in [0.29, 0.717) is 22.3 Å². The third kappa shape index (κ3) is 16.7. The molecule has 19 rings (SSSR count). The molecule has 115 heavy (non-hydrogen) atoms. The van der Waals surface area contributed by atoms with Crippen LogP contribution in [0.15, 0.2) is 400 Å². The fourth-order valence-corrected chi connectivity index (χ4v) is 16.6. The van der Waals surface area contributed by atoms with Crippen LogP contribution in [-0.2, 0) is 15.8 Å². The Morgan fingerprint density at radius 2 is 0.643 bits per heavy atom. The smallest absolute Gasteiger partial charge is 0.481 e. The maximum absolute atomic E-state index is 13.7. The standard InChI is InChI=1S/C32H25NO2.C32H23NO.C18H15N.C14H10O2.C4H9.C2H4O2.CH4.ClH.Li/c34-31-25-17-7-9-19-27(25)32(35,28-20-10-8-18-26(28)31)29-21-11-12-22-30(29)33(23-13-3-1-4-14-23)24-15-5-2-6-16-24;34-31-23-14-4-6-16-25(23)32(26-17-7-5-15-24(26)31)27-18-8-10-20-29(27)33(22-12-2-1-3-13-22)30-21-11-9-19-28(30)32;1-4-10-16(11-5-1)19(17-12-6-2-7-13-17)18-14-8-3-9-15-18;15-13-9-5-1-2-6-10(9)14(16)12-8-4-3-7-11(12)13;1-3-4-2;1-2(3)4;;;/h1-22,25,27,35H;1-21,23,25H;1-15H;1-10H;1,3-4H2,2H3;1H3,(H,3,4);1H4;1H;/q;;;;-1;;;;+1. The first kappa shape index (κ1) is 83.4. The van der Waals surface area contributed by atoms with Crippen molar-refractivity contribution in [2.75, 3.05) is 14.7 Å². The summed E-state index contributed by atoms with van der Waals surface area (Å²) in [5.74, 6) is -2.08. The van der Waals surface area contributed by atoms with Crippen LogP contribution in [0.4, 0.5) is 51.2 Å². The number of unbranched alkanes of at least 4 members (excludes halogenated alkanes) is 1. The minimum absolute atomic E-state index is 0. The number of para-hydroxylation sites is 9. The van der Waals surface area contributed by atoms with Crippen LogP contribution >= 0.6 is 12.4 Å². The molecule has 1 aliphatic heterocycles. The molecule has 12 aromatic rings. The number of ketones is 4. The van der Waals surface area contributed by atoms with Crippen LogP contribution < -0.4 is 33.6 Å². The number of carbonyl (C=O) groups is 5. The number of nitrogens with zero attached hydrogens (tertiary/aromatic N) is 3. The molecular weight excluding hydrogens is 1430 g/mol. The molecule has 0 saturated heterocycles. The van der Waals surface area contributed by atoms with E-state index in [1.165, 1.54) is 46.0 Å². The fraction of sp³-hybridized carbons (Fsp3) is 0.126. The summed E-state index contributed by atoms with van der Waals surface area (Å²) in [6, 6.07) is 110. The average Bonchev–Trinajstić information content (AvgIpc) is 0.679. The van der Waals surface area contributed by atoms with E-state index in [1.54, 1.807) is 24.3 Å². The number of aliphatic carboxylic acids is 1. The number of fused-ring (bicyclic) bond motifs is 12. The second-order valence-corrected chi connectivity index (χ2v) is 28.1. The molecule has 0 bridgehead atoms. The van der Waals surface area contributed by atoms with Gasteiger partial charge in [-0.05, 0) is 113 Å². The number of carboxylic acid groups (broad SMARTS) is 1. The van der Waals surface area contributed by atoms with Gasteiger partial charge in [0.1, 0.15) is 5.60 Å². The number of Topliss-reactive ketones (excluding diaryl/α,β-unsaturated/α-hetero) is 4. The first-order valence-corrected chi connectivity index (χ1v) is 38.1. The quantitative estimate of drug-likeness (QED) is 0.106. The zero-order valence-electron chi connectivity index (χ0n) is 63.9. The van der Waals surface area contributed by atoms with Gasteiger partial charge in [-0.1, -0.05) is 330 Å². The Balaban J connectivity index is 0.000000151. The van der Waals surface area contributed by atoms with Gasteiger partial charge in [0.25, 0.3) is 5.97 Å². The number of anilines is 9. The number of carbonyl (C=O) groups excluding carboxylic acids is 4. The fourth-order valence-electron chi connectivity index (χ4n) is 16.6. The molecule has 0 saturated carbocycles. The predicted molar refractivity (Wildman–Crippen MR) is 466 cm³/mol. The molecule has 7 aliphatic rings. The second kappa shape index (κ2) is 38.3. The number of rotatable bonds is 9. The van der Waals surface area contributed by atoms with Crippen molar-refractivity contribution in [2.45, 2.75) is 45.1 Å². The molecule has 568 valence electrons. The Labute approximate surface area is 693 Å². The largest absolute Gasteiger partial charge is 1.00 e.